The molecule has 0 bridgehead atoms. The monoisotopic (exact) mass is 326 g/mol. The third-order valence-corrected chi connectivity index (χ3v) is 2.83. The molecule has 0 saturated heterocycles. The van der Waals surface area contributed by atoms with Crippen molar-refractivity contribution in [3.8, 4) is 0 Å². The van der Waals surface area contributed by atoms with Gasteiger partial charge in [-0.3, -0.25) is 14.1 Å². The molecule has 8 nitrogen and oxygen atoms in total. The van der Waals surface area contributed by atoms with Crippen molar-refractivity contribution in [3.63, 3.8) is 0 Å². The van der Waals surface area contributed by atoms with Gasteiger partial charge in [-0.25, -0.2) is 4.57 Å². The Bertz CT molecular complexity index is 364. The summed E-state index contributed by atoms with van der Waals surface area (Å²) in [7, 11) is -4.68. The molecular weight excluding hydrogens is 303 g/mol. The highest BCUT2D eigenvalue weighted by molar-refractivity contribution is 7.46. The van der Waals surface area contributed by atoms with Crippen molar-refractivity contribution in [1.82, 2.24) is 0 Å². The van der Waals surface area contributed by atoms with Crippen LogP contribution in [0.4, 0.5) is 0 Å². The summed E-state index contributed by atoms with van der Waals surface area (Å²) in [5, 5.41) is 0. The van der Waals surface area contributed by atoms with Crippen LogP contribution in [0.1, 0.15) is 46.0 Å². The van der Waals surface area contributed by atoms with Gasteiger partial charge in [-0.1, -0.05) is 20.3 Å². The van der Waals surface area contributed by atoms with E-state index in [0.29, 0.717) is 12.8 Å². The first kappa shape index (κ1) is 20.1. The Kier molecular flexibility index (Phi) is 10.2. The van der Waals surface area contributed by atoms with Gasteiger partial charge in [0.25, 0.3) is 0 Å². The number of ether oxygens (including phenoxy) is 2. The molecular formula is C12H23O8P. The van der Waals surface area contributed by atoms with Crippen molar-refractivity contribution in [3.05, 3.63) is 0 Å². The van der Waals surface area contributed by atoms with Crippen LogP contribution in [0.5, 0.6) is 0 Å². The predicted octanol–water partition coefficient (Wildman–Crippen LogP) is 1.54. The van der Waals surface area contributed by atoms with E-state index in [1.807, 2.05) is 6.92 Å². The average Bonchev–Trinajstić information content (AvgIpc) is 2.39. The van der Waals surface area contributed by atoms with E-state index in [4.69, 9.17) is 19.3 Å². The van der Waals surface area contributed by atoms with E-state index in [-0.39, 0.29) is 19.4 Å². The maximum atomic E-state index is 11.5. The van der Waals surface area contributed by atoms with Gasteiger partial charge in [-0.05, 0) is 12.8 Å². The van der Waals surface area contributed by atoms with Crippen molar-refractivity contribution in [2.45, 2.75) is 52.1 Å². The summed E-state index contributed by atoms with van der Waals surface area (Å²) in [6, 6.07) is 0. The molecule has 2 N–H and O–H groups in total. The van der Waals surface area contributed by atoms with E-state index in [0.717, 1.165) is 6.42 Å². The number of carbonyl (C=O) groups is 2. The minimum Gasteiger partial charge on any atom is -0.462 e. The predicted molar refractivity (Wildman–Crippen MR) is 73.3 cm³/mol. The van der Waals surface area contributed by atoms with Crippen molar-refractivity contribution >= 4 is 19.8 Å². The minimum absolute atomic E-state index is 0.186. The van der Waals surface area contributed by atoms with Gasteiger partial charge in [0.2, 0.25) is 0 Å². The Morgan fingerprint density at radius 1 is 1.05 bits per heavy atom. The van der Waals surface area contributed by atoms with Crippen molar-refractivity contribution in [2.24, 2.45) is 0 Å². The fourth-order valence-corrected chi connectivity index (χ4v) is 1.68. The smallest absolute Gasteiger partial charge is 0.462 e. The van der Waals surface area contributed by atoms with Gasteiger partial charge >= 0.3 is 19.8 Å². The Morgan fingerprint density at radius 2 is 1.71 bits per heavy atom. The molecule has 0 spiro atoms. The second-order valence-corrected chi connectivity index (χ2v) is 5.67. The second kappa shape index (κ2) is 10.7. The first-order valence-electron chi connectivity index (χ1n) is 6.83. The Hall–Kier alpha value is -0.950. The highest BCUT2D eigenvalue weighted by Gasteiger charge is 2.22. The number of phosphoric ester groups is 1. The molecule has 0 aromatic heterocycles. The van der Waals surface area contributed by atoms with E-state index in [1.54, 1.807) is 6.92 Å². The fourth-order valence-electron chi connectivity index (χ4n) is 1.32. The number of hydrogen-bond donors (Lipinski definition) is 2. The molecule has 0 aliphatic carbocycles. The van der Waals surface area contributed by atoms with Crippen LogP contribution in [0.3, 0.4) is 0 Å². The minimum atomic E-state index is -4.68. The molecule has 0 aromatic rings. The molecule has 1 atom stereocenters. The summed E-state index contributed by atoms with van der Waals surface area (Å²) in [5.41, 5.74) is 0. The molecule has 0 radical (unpaired) electrons. The lowest BCUT2D eigenvalue weighted by Gasteiger charge is -2.18. The quantitative estimate of drug-likeness (QED) is 0.433. The molecule has 0 heterocycles. The highest BCUT2D eigenvalue weighted by Crippen LogP contribution is 2.35. The summed E-state index contributed by atoms with van der Waals surface area (Å²) in [4.78, 5) is 40.0. The molecule has 0 saturated carbocycles. The summed E-state index contributed by atoms with van der Waals surface area (Å²) in [6.07, 6.45) is 1.42. The zero-order valence-electron chi connectivity index (χ0n) is 12.3. The Labute approximate surface area is 124 Å². The number of unbranched alkanes of at least 4 members (excludes halogenated alkanes) is 1. The molecule has 1 unspecified atom stereocenters. The normalized spacial score (nSPS) is 12.8. The molecule has 0 aliphatic rings. The zero-order valence-corrected chi connectivity index (χ0v) is 13.2. The average molecular weight is 326 g/mol. The summed E-state index contributed by atoms with van der Waals surface area (Å²) < 4.78 is 24.8. The molecule has 0 amide bonds. The zero-order chi connectivity index (χ0) is 16.3. The SMILES string of the molecule is CCCCC(=O)OC(COC(=O)CCC)COP(=O)(O)O. The lowest BCUT2D eigenvalue weighted by atomic mass is 10.2. The number of phosphoric acid groups is 1. The molecule has 0 aromatic carbocycles. The van der Waals surface area contributed by atoms with Crippen LogP contribution in [-0.2, 0) is 28.2 Å². The third-order valence-electron chi connectivity index (χ3n) is 2.35. The highest BCUT2D eigenvalue weighted by atomic mass is 31.2. The first-order chi connectivity index (χ1) is 9.78. The standard InChI is InChI=1S/C12H23O8P/c1-3-5-7-12(14)20-10(9-19-21(15,16)17)8-18-11(13)6-4-2/h10H,3-9H2,1-2H3,(H2,15,16,17). The number of rotatable bonds is 11. The van der Waals surface area contributed by atoms with Gasteiger partial charge in [-0.15, -0.1) is 0 Å². The van der Waals surface area contributed by atoms with E-state index in [2.05, 4.69) is 4.52 Å². The van der Waals surface area contributed by atoms with E-state index in [9.17, 15) is 14.2 Å². The summed E-state index contributed by atoms with van der Waals surface area (Å²) in [6.45, 7) is 2.88. The molecule has 0 rings (SSSR count). The third kappa shape index (κ3) is 12.5. The molecule has 21 heavy (non-hydrogen) atoms. The van der Waals surface area contributed by atoms with Crippen molar-refractivity contribution in [2.75, 3.05) is 13.2 Å². The topological polar surface area (TPSA) is 119 Å². The maximum absolute atomic E-state index is 11.5. The molecule has 0 aliphatic heterocycles. The van der Waals surface area contributed by atoms with E-state index < -0.39 is 32.5 Å². The molecule has 9 heteroatoms. The van der Waals surface area contributed by atoms with E-state index >= 15 is 0 Å². The lowest BCUT2D eigenvalue weighted by molar-refractivity contribution is -0.161. The maximum Gasteiger partial charge on any atom is 0.469 e. The van der Waals surface area contributed by atoms with E-state index in [1.165, 1.54) is 0 Å². The number of esters is 2. The van der Waals surface area contributed by atoms with Gasteiger partial charge in [0.05, 0.1) is 6.61 Å². The Balaban J connectivity index is 4.35. The number of hydrogen-bond acceptors (Lipinski definition) is 6. The van der Waals surface area contributed by atoms with Crippen LogP contribution in [0.15, 0.2) is 0 Å². The first-order valence-corrected chi connectivity index (χ1v) is 8.36. The van der Waals surface area contributed by atoms with Crippen molar-refractivity contribution < 1.29 is 37.9 Å². The van der Waals surface area contributed by atoms with Gasteiger partial charge in [-0.2, -0.15) is 0 Å². The van der Waals surface area contributed by atoms with Gasteiger partial charge < -0.3 is 19.3 Å². The lowest BCUT2D eigenvalue weighted by Crippen LogP contribution is -2.29. The van der Waals surface area contributed by atoms with Gasteiger partial charge in [0, 0.05) is 12.8 Å². The van der Waals surface area contributed by atoms with Crippen LogP contribution in [0.2, 0.25) is 0 Å². The van der Waals surface area contributed by atoms with Gasteiger partial charge in [0.15, 0.2) is 6.10 Å². The van der Waals surface area contributed by atoms with Crippen LogP contribution < -0.4 is 0 Å². The molecule has 124 valence electrons. The summed E-state index contributed by atoms with van der Waals surface area (Å²) >= 11 is 0. The number of carbonyl (C=O) groups excluding carboxylic acids is 2. The van der Waals surface area contributed by atoms with Crippen LogP contribution in [-0.4, -0.2) is 41.0 Å². The van der Waals surface area contributed by atoms with Crippen molar-refractivity contribution in [1.29, 1.82) is 0 Å². The fraction of sp³-hybridized carbons (Fsp3) is 0.833. The largest absolute Gasteiger partial charge is 0.469 e. The van der Waals surface area contributed by atoms with Crippen LogP contribution >= 0.6 is 7.82 Å². The van der Waals surface area contributed by atoms with Crippen LogP contribution in [0.25, 0.3) is 0 Å². The van der Waals surface area contributed by atoms with Crippen LogP contribution in [0, 0.1) is 0 Å². The second-order valence-electron chi connectivity index (χ2n) is 4.43. The van der Waals surface area contributed by atoms with Gasteiger partial charge in [0.1, 0.15) is 6.61 Å². The Morgan fingerprint density at radius 3 is 2.24 bits per heavy atom. The summed E-state index contributed by atoms with van der Waals surface area (Å²) in [5.74, 6) is -0.994. The molecule has 0 fully saturated rings.